The van der Waals surface area contributed by atoms with Gasteiger partial charge in [0.25, 0.3) is 6.71 Å². The number of nitrogens with zero attached hydrogens (tertiary/aromatic N) is 3. The van der Waals surface area contributed by atoms with Gasteiger partial charge in [0.05, 0.1) is 16.6 Å². The summed E-state index contributed by atoms with van der Waals surface area (Å²) < 4.78 is 2.68. The van der Waals surface area contributed by atoms with Crippen molar-refractivity contribution in [2.45, 2.75) is 101 Å². The van der Waals surface area contributed by atoms with Gasteiger partial charge < -0.3 is 14.4 Å². The third-order valence-electron chi connectivity index (χ3n) is 18.0. The van der Waals surface area contributed by atoms with Gasteiger partial charge >= 0.3 is 0 Å². The summed E-state index contributed by atoms with van der Waals surface area (Å²) in [4.78, 5) is 5.78. The van der Waals surface area contributed by atoms with Crippen LogP contribution in [0.5, 0.6) is 0 Å². The lowest BCUT2D eigenvalue weighted by molar-refractivity contribution is 0.194. The number of hydrogen-bond acceptors (Lipinski definition) is 2. The molecule has 4 atom stereocenters. The van der Waals surface area contributed by atoms with E-state index in [1.54, 1.807) is 5.56 Å². The summed E-state index contributed by atoms with van der Waals surface area (Å²) >= 11 is 0. The molecular formula is C58H52BN3. The van der Waals surface area contributed by atoms with Crippen molar-refractivity contribution >= 4 is 67.7 Å². The molecule has 5 heterocycles. The lowest BCUT2D eigenvalue weighted by Gasteiger charge is -2.53. The molecule has 1 aromatic heterocycles. The third kappa shape index (κ3) is 4.12. The number of rotatable bonds is 3. The van der Waals surface area contributed by atoms with Gasteiger partial charge in [-0.2, -0.15) is 0 Å². The van der Waals surface area contributed by atoms with Crippen LogP contribution in [0, 0.1) is 0 Å². The van der Waals surface area contributed by atoms with E-state index in [-0.39, 0.29) is 28.6 Å². The number of hydrogen-bond donors (Lipinski definition) is 0. The normalized spacial score (nSPS) is 26.0. The van der Waals surface area contributed by atoms with Crippen molar-refractivity contribution in [3.63, 3.8) is 0 Å². The fourth-order valence-corrected chi connectivity index (χ4v) is 14.6. The van der Waals surface area contributed by atoms with Crippen LogP contribution in [0.1, 0.15) is 90.2 Å². The average molecular weight is 802 g/mol. The largest absolute Gasteiger partial charge is 0.335 e. The Morgan fingerprint density at radius 2 is 1.06 bits per heavy atom. The van der Waals surface area contributed by atoms with Gasteiger partial charge in [0.1, 0.15) is 0 Å². The molecule has 3 nitrogen and oxygen atoms in total. The molecule has 4 heteroatoms. The van der Waals surface area contributed by atoms with E-state index in [0.717, 1.165) is 0 Å². The van der Waals surface area contributed by atoms with E-state index in [0.29, 0.717) is 0 Å². The molecule has 8 aromatic rings. The lowest BCUT2D eigenvalue weighted by Crippen LogP contribution is -2.64. The monoisotopic (exact) mass is 801 g/mol. The summed E-state index contributed by atoms with van der Waals surface area (Å²) in [6, 6.07) is 56.5. The molecule has 62 heavy (non-hydrogen) atoms. The van der Waals surface area contributed by atoms with Crippen LogP contribution in [0.3, 0.4) is 0 Å². The highest BCUT2D eigenvalue weighted by Crippen LogP contribution is 2.64. The summed E-state index contributed by atoms with van der Waals surface area (Å²) in [7, 11) is 0. The first-order valence-corrected chi connectivity index (χ1v) is 23.5. The van der Waals surface area contributed by atoms with Crippen LogP contribution in [0.25, 0.3) is 49.7 Å². The van der Waals surface area contributed by atoms with E-state index < -0.39 is 0 Å². The molecular weight excluding hydrogens is 749 g/mol. The fourth-order valence-electron chi connectivity index (χ4n) is 14.6. The van der Waals surface area contributed by atoms with E-state index in [4.69, 9.17) is 0 Å². The smallest absolute Gasteiger partial charge is 0.252 e. The summed E-state index contributed by atoms with van der Waals surface area (Å²) in [6.07, 6.45) is 9.80. The summed E-state index contributed by atoms with van der Waals surface area (Å²) in [5.41, 5.74) is 22.3. The van der Waals surface area contributed by atoms with Gasteiger partial charge in [-0.25, -0.2) is 0 Å². The number of anilines is 4. The number of fused-ring (bicyclic) bond motifs is 13. The zero-order chi connectivity index (χ0) is 41.3. The molecule has 2 fully saturated rings. The predicted octanol–water partition coefficient (Wildman–Crippen LogP) is 12.7. The molecule has 6 aliphatic rings. The van der Waals surface area contributed by atoms with Crippen LogP contribution < -0.4 is 26.2 Å². The van der Waals surface area contributed by atoms with E-state index in [9.17, 15) is 0 Å². The van der Waals surface area contributed by atoms with Gasteiger partial charge in [-0.15, -0.1) is 0 Å². The van der Waals surface area contributed by atoms with Crippen molar-refractivity contribution in [3.05, 3.63) is 157 Å². The van der Waals surface area contributed by atoms with Gasteiger partial charge in [0, 0.05) is 55.6 Å². The Morgan fingerprint density at radius 1 is 0.452 bits per heavy atom. The molecule has 302 valence electrons. The molecule has 0 saturated heterocycles. The van der Waals surface area contributed by atoms with Crippen LogP contribution >= 0.6 is 0 Å². The first-order valence-electron chi connectivity index (χ1n) is 23.5. The Hall–Kier alpha value is -6.00. The Labute approximate surface area is 366 Å². The second kappa shape index (κ2) is 11.9. The van der Waals surface area contributed by atoms with Gasteiger partial charge in [0.2, 0.25) is 0 Å². The van der Waals surface area contributed by atoms with Crippen LogP contribution in [0.2, 0.25) is 0 Å². The van der Waals surface area contributed by atoms with E-state index in [1.807, 2.05) is 0 Å². The zero-order valence-corrected chi connectivity index (χ0v) is 36.4. The van der Waals surface area contributed by atoms with Gasteiger partial charge in [-0.1, -0.05) is 149 Å². The molecule has 2 saturated carbocycles. The summed E-state index contributed by atoms with van der Waals surface area (Å²) in [5, 5.41) is 2.69. The second-order valence-corrected chi connectivity index (χ2v) is 20.6. The van der Waals surface area contributed by atoms with E-state index in [2.05, 4.69) is 188 Å². The molecule has 0 bridgehead atoms. The van der Waals surface area contributed by atoms with E-state index >= 15 is 0 Å². The van der Waals surface area contributed by atoms with E-state index in [1.165, 1.54) is 146 Å². The minimum atomic E-state index is -0.0829. The topological polar surface area (TPSA) is 11.4 Å². The number of aromatic nitrogens is 1. The SMILES string of the molecule is CC12CCCCC1(C)N(c1cc3c4c(c1)-n1c5ccccc5c5cccc(c51)B4c1cc(-c4ccccc4)cc4c1N3C1(C)CCCCC41C)c1ccc(-c3ccccc3)cc12. The molecule has 14 rings (SSSR count). The quantitative estimate of drug-likeness (QED) is 0.165. The van der Waals surface area contributed by atoms with Crippen molar-refractivity contribution in [1.82, 2.24) is 4.57 Å². The minimum Gasteiger partial charge on any atom is -0.335 e. The van der Waals surface area contributed by atoms with Crippen molar-refractivity contribution in [2.75, 3.05) is 9.80 Å². The van der Waals surface area contributed by atoms with Crippen LogP contribution in [0.15, 0.2) is 146 Å². The van der Waals surface area contributed by atoms with Gasteiger partial charge in [-0.05, 0) is 126 Å². The molecule has 2 aliphatic carbocycles. The van der Waals surface area contributed by atoms with Crippen LogP contribution in [-0.2, 0) is 10.8 Å². The minimum absolute atomic E-state index is 0.00649. The average Bonchev–Trinajstić information content (AvgIpc) is 3.84. The van der Waals surface area contributed by atoms with Crippen molar-refractivity contribution in [3.8, 4) is 27.9 Å². The summed E-state index contributed by atoms with van der Waals surface area (Å²) in [6.45, 7) is 10.6. The maximum absolute atomic E-state index is 2.93. The number of benzene rings is 7. The van der Waals surface area contributed by atoms with Crippen LogP contribution in [-0.4, -0.2) is 22.4 Å². The summed E-state index contributed by atoms with van der Waals surface area (Å²) in [5.74, 6) is 0. The molecule has 0 amide bonds. The highest BCUT2D eigenvalue weighted by atomic mass is 15.3. The first-order chi connectivity index (χ1) is 30.2. The Bertz CT molecular complexity index is 3240. The number of para-hydroxylation sites is 2. The Kier molecular flexibility index (Phi) is 6.84. The zero-order valence-electron chi connectivity index (χ0n) is 36.4. The van der Waals surface area contributed by atoms with Crippen LogP contribution in [0.4, 0.5) is 22.7 Å². The highest BCUT2D eigenvalue weighted by molar-refractivity contribution is 7.00. The molecule has 0 N–H and O–H groups in total. The molecule has 4 unspecified atom stereocenters. The second-order valence-electron chi connectivity index (χ2n) is 20.6. The first kappa shape index (κ1) is 35.6. The van der Waals surface area contributed by atoms with Crippen molar-refractivity contribution in [1.29, 1.82) is 0 Å². The predicted molar refractivity (Wildman–Crippen MR) is 262 cm³/mol. The van der Waals surface area contributed by atoms with Gasteiger partial charge in [-0.3, -0.25) is 0 Å². The highest BCUT2D eigenvalue weighted by Gasteiger charge is 2.62. The molecule has 7 aromatic carbocycles. The standard InChI is InChI=1S/C58H52BN3/c1-55-28-13-15-30-57(55,3)61(49-27-26-39(32-44(49)55)37-18-7-5-8-19-37)41-35-50-52-51(36-41)62-54-45(56(2)29-14-16-31-58(56,62)4)33-40(38-20-9-6-10-21-38)34-47(54)59(52)46-24-17-23-43-42-22-11-12-25-48(42)60(50)53(43)46/h5-12,17-27,32-36H,13-16,28-31H2,1-4H3. The maximum atomic E-state index is 2.93. The Balaban J connectivity index is 1.11. The van der Waals surface area contributed by atoms with Crippen molar-refractivity contribution in [2.24, 2.45) is 0 Å². The molecule has 0 radical (unpaired) electrons. The molecule has 0 spiro atoms. The lowest BCUT2D eigenvalue weighted by atomic mass is 9.33. The maximum Gasteiger partial charge on any atom is 0.252 e. The van der Waals surface area contributed by atoms with Gasteiger partial charge in [0.15, 0.2) is 0 Å². The third-order valence-corrected chi connectivity index (χ3v) is 18.0. The Morgan fingerprint density at radius 3 is 1.82 bits per heavy atom. The fraction of sp³-hybridized carbons (Fsp3) is 0.276. The molecule has 4 aliphatic heterocycles. The van der Waals surface area contributed by atoms with Crippen molar-refractivity contribution < 1.29 is 0 Å².